The van der Waals surface area contributed by atoms with Gasteiger partial charge in [-0.3, -0.25) is 20.1 Å². The molecule has 1 aliphatic heterocycles. The number of aryl methyl sites for hydroxylation is 2. The van der Waals surface area contributed by atoms with E-state index in [-0.39, 0.29) is 11.9 Å². The smallest absolute Gasteiger partial charge is 0.324 e. The molecule has 180 valence electrons. The van der Waals surface area contributed by atoms with Gasteiger partial charge in [-0.15, -0.1) is 0 Å². The summed E-state index contributed by atoms with van der Waals surface area (Å²) in [6.07, 6.45) is 7.95. The van der Waals surface area contributed by atoms with Gasteiger partial charge >= 0.3 is 6.03 Å². The van der Waals surface area contributed by atoms with Crippen LogP contribution in [0.2, 0.25) is 0 Å². The maximum absolute atomic E-state index is 12.3. The third-order valence-corrected chi connectivity index (χ3v) is 5.78. The van der Waals surface area contributed by atoms with E-state index in [0.717, 1.165) is 42.0 Å². The topological polar surface area (TPSA) is 109 Å². The molecule has 0 bridgehead atoms. The summed E-state index contributed by atoms with van der Waals surface area (Å²) in [5, 5.41) is 5.41. The maximum atomic E-state index is 12.3. The molecule has 3 amide bonds. The number of amides is 3. The van der Waals surface area contributed by atoms with E-state index in [2.05, 4.69) is 32.2 Å². The number of benzene rings is 1. The third kappa shape index (κ3) is 6.00. The molecule has 1 aromatic carbocycles. The van der Waals surface area contributed by atoms with Crippen molar-refractivity contribution in [3.05, 3.63) is 72.8 Å². The van der Waals surface area contributed by atoms with Crippen LogP contribution in [-0.4, -0.2) is 51.0 Å². The molecule has 4 rings (SSSR count). The van der Waals surface area contributed by atoms with E-state index in [9.17, 15) is 9.59 Å². The van der Waals surface area contributed by atoms with Crippen LogP contribution >= 0.6 is 0 Å². The molecule has 0 saturated carbocycles. The largest absolute Gasteiger partial charge is 0.491 e. The van der Waals surface area contributed by atoms with Gasteiger partial charge in [0, 0.05) is 17.8 Å². The summed E-state index contributed by atoms with van der Waals surface area (Å²) < 4.78 is 6.04. The van der Waals surface area contributed by atoms with E-state index in [0.29, 0.717) is 23.8 Å². The Labute approximate surface area is 204 Å². The van der Waals surface area contributed by atoms with Gasteiger partial charge in [-0.05, 0) is 68.7 Å². The highest BCUT2D eigenvalue weighted by molar-refractivity contribution is 5.99. The summed E-state index contributed by atoms with van der Waals surface area (Å²) >= 11 is 0. The number of urea groups is 1. The Morgan fingerprint density at radius 3 is 2.77 bits per heavy atom. The molecule has 2 aromatic heterocycles. The Balaban J connectivity index is 1.39. The van der Waals surface area contributed by atoms with E-state index in [1.54, 1.807) is 18.5 Å². The van der Waals surface area contributed by atoms with E-state index in [1.807, 2.05) is 43.0 Å². The van der Waals surface area contributed by atoms with Crippen molar-refractivity contribution in [2.75, 3.05) is 23.8 Å². The minimum atomic E-state index is -0.432. The number of hydrogen-bond acceptors (Lipinski definition) is 6. The van der Waals surface area contributed by atoms with Crippen LogP contribution in [-0.2, 0) is 4.79 Å². The lowest BCUT2D eigenvalue weighted by Crippen LogP contribution is -2.38. The zero-order valence-electron chi connectivity index (χ0n) is 19.8. The summed E-state index contributed by atoms with van der Waals surface area (Å²) in [5.74, 6) is 1.02. The van der Waals surface area contributed by atoms with Crippen LogP contribution in [0.15, 0.2) is 61.6 Å². The molecule has 9 nitrogen and oxygen atoms in total. The Morgan fingerprint density at radius 1 is 1.17 bits per heavy atom. The molecular formula is C26H28N6O3. The van der Waals surface area contributed by atoms with Gasteiger partial charge in [0.1, 0.15) is 12.4 Å². The summed E-state index contributed by atoms with van der Waals surface area (Å²) in [6.45, 7) is 8.59. The molecule has 2 N–H and O–H groups in total. The maximum Gasteiger partial charge on any atom is 0.324 e. The zero-order valence-corrected chi connectivity index (χ0v) is 19.8. The number of carbonyl (C=O) groups is 2. The predicted molar refractivity (Wildman–Crippen MR) is 134 cm³/mol. The number of hydrogen-bond donors (Lipinski definition) is 2. The monoisotopic (exact) mass is 472 g/mol. The van der Waals surface area contributed by atoms with Gasteiger partial charge in [0.15, 0.2) is 5.82 Å². The van der Waals surface area contributed by atoms with Crippen molar-refractivity contribution in [2.45, 2.75) is 32.7 Å². The van der Waals surface area contributed by atoms with Gasteiger partial charge in [0.25, 0.3) is 0 Å². The molecule has 3 heterocycles. The summed E-state index contributed by atoms with van der Waals surface area (Å²) in [7, 11) is 0. The molecule has 1 saturated heterocycles. The zero-order chi connectivity index (χ0) is 24.8. The average Bonchev–Trinajstić information content (AvgIpc) is 3.33. The van der Waals surface area contributed by atoms with Gasteiger partial charge in [0.2, 0.25) is 5.91 Å². The molecule has 3 aromatic rings. The minimum absolute atomic E-state index is 0.0510. The number of carbonyl (C=O) groups excluding carboxylic acids is 2. The molecule has 0 aliphatic carbocycles. The third-order valence-electron chi connectivity index (χ3n) is 5.78. The van der Waals surface area contributed by atoms with E-state index in [4.69, 9.17) is 4.74 Å². The van der Waals surface area contributed by atoms with Crippen molar-refractivity contribution < 1.29 is 14.3 Å². The van der Waals surface area contributed by atoms with Crippen LogP contribution in [0.1, 0.15) is 24.1 Å². The molecule has 0 radical (unpaired) electrons. The quantitative estimate of drug-likeness (QED) is 0.495. The van der Waals surface area contributed by atoms with Crippen LogP contribution in [0, 0.1) is 13.8 Å². The highest BCUT2D eigenvalue weighted by Gasteiger charge is 2.27. The number of likely N-dealkylation sites (tertiary alicyclic amines) is 1. The van der Waals surface area contributed by atoms with Crippen molar-refractivity contribution in [2.24, 2.45) is 0 Å². The van der Waals surface area contributed by atoms with Crippen LogP contribution in [0.4, 0.5) is 16.3 Å². The summed E-state index contributed by atoms with van der Waals surface area (Å²) in [6, 6.07) is 8.96. The van der Waals surface area contributed by atoms with Crippen LogP contribution < -0.4 is 15.4 Å². The highest BCUT2D eigenvalue weighted by atomic mass is 16.5. The second-order valence-electron chi connectivity index (χ2n) is 8.38. The molecule has 1 atom stereocenters. The van der Waals surface area contributed by atoms with Crippen molar-refractivity contribution in [3.63, 3.8) is 0 Å². The molecule has 1 fully saturated rings. The molecule has 1 aliphatic rings. The molecule has 0 spiro atoms. The first kappa shape index (κ1) is 23.9. The number of nitrogens with zero attached hydrogens (tertiary/aromatic N) is 4. The lowest BCUT2D eigenvalue weighted by molar-refractivity contribution is -0.127. The summed E-state index contributed by atoms with van der Waals surface area (Å²) in [4.78, 5) is 39.0. The van der Waals surface area contributed by atoms with Crippen LogP contribution in [0.25, 0.3) is 11.3 Å². The fourth-order valence-corrected chi connectivity index (χ4v) is 3.96. The Kier molecular flexibility index (Phi) is 7.35. The van der Waals surface area contributed by atoms with E-state index < -0.39 is 6.03 Å². The normalized spacial score (nSPS) is 14.9. The SMILES string of the molecule is C=CC(=O)N1CCC[C@@H]1COc1ccc(-c2cncc(NC(=O)Nc3ccc(C)nc3)n2)cc1C. The lowest BCUT2D eigenvalue weighted by atomic mass is 10.1. The second-order valence-corrected chi connectivity index (χ2v) is 8.38. The van der Waals surface area contributed by atoms with Crippen molar-refractivity contribution in [1.82, 2.24) is 19.9 Å². The first-order valence-electron chi connectivity index (χ1n) is 11.4. The minimum Gasteiger partial charge on any atom is -0.491 e. The number of ether oxygens (including phenoxy) is 1. The fraction of sp³-hybridized carbons (Fsp3) is 0.269. The van der Waals surface area contributed by atoms with E-state index >= 15 is 0 Å². The number of pyridine rings is 1. The van der Waals surface area contributed by atoms with Gasteiger partial charge in [-0.2, -0.15) is 0 Å². The first-order chi connectivity index (χ1) is 16.9. The standard InChI is InChI=1S/C26H28N6O3/c1-4-25(33)32-11-5-6-21(32)16-35-23-10-8-19(12-17(23)2)22-14-27-15-24(30-22)31-26(34)29-20-9-7-18(3)28-13-20/h4,7-10,12-15,21H,1,5-6,11,16H2,2-3H3,(H2,29,30,31,34)/t21-/m1/s1. The molecule has 0 unspecified atom stereocenters. The highest BCUT2D eigenvalue weighted by Crippen LogP contribution is 2.27. The van der Waals surface area contributed by atoms with Gasteiger partial charge in [0.05, 0.1) is 36.0 Å². The average molecular weight is 473 g/mol. The fourth-order valence-electron chi connectivity index (χ4n) is 3.96. The van der Waals surface area contributed by atoms with Gasteiger partial charge < -0.3 is 15.0 Å². The van der Waals surface area contributed by atoms with Crippen molar-refractivity contribution >= 4 is 23.4 Å². The Morgan fingerprint density at radius 2 is 2.03 bits per heavy atom. The lowest BCUT2D eigenvalue weighted by Gasteiger charge is -2.24. The number of aromatic nitrogens is 3. The predicted octanol–water partition coefficient (Wildman–Crippen LogP) is 4.36. The van der Waals surface area contributed by atoms with Crippen LogP contribution in [0.3, 0.4) is 0 Å². The second kappa shape index (κ2) is 10.8. The number of nitrogens with one attached hydrogen (secondary N) is 2. The van der Waals surface area contributed by atoms with Crippen molar-refractivity contribution in [1.29, 1.82) is 0 Å². The van der Waals surface area contributed by atoms with Gasteiger partial charge in [-0.25, -0.2) is 9.78 Å². The van der Waals surface area contributed by atoms with E-state index in [1.165, 1.54) is 12.3 Å². The Hall–Kier alpha value is -4.27. The summed E-state index contributed by atoms with van der Waals surface area (Å²) in [5.41, 5.74) is 3.85. The van der Waals surface area contributed by atoms with Crippen LogP contribution in [0.5, 0.6) is 5.75 Å². The van der Waals surface area contributed by atoms with Crippen molar-refractivity contribution in [3.8, 4) is 17.0 Å². The number of anilines is 2. The van der Waals surface area contributed by atoms with Gasteiger partial charge in [-0.1, -0.05) is 6.58 Å². The molecular weight excluding hydrogens is 444 g/mol. The Bertz CT molecular complexity index is 1230. The molecule has 9 heteroatoms. The number of rotatable bonds is 7. The first-order valence-corrected chi connectivity index (χ1v) is 11.4. The molecule has 35 heavy (non-hydrogen) atoms.